The molecule has 2 aromatic rings. The molecule has 0 amide bonds. The molecule has 0 aromatic heterocycles. The number of rotatable bonds is 2. The lowest BCUT2D eigenvalue weighted by atomic mass is 9.82. The smallest absolute Gasteiger partial charge is 0.322 e. The van der Waals surface area contributed by atoms with Crippen LogP contribution in [-0.2, 0) is 0 Å². The molecule has 0 radical (unpaired) electrons. The van der Waals surface area contributed by atoms with Crippen molar-refractivity contribution in [2.75, 3.05) is 0 Å². The fourth-order valence-corrected chi connectivity index (χ4v) is 2.63. The first-order chi connectivity index (χ1) is 11.2. The molecule has 10 heteroatoms. The SMILES string of the molecule is O=C1c2ccc(O)c([N+](=O)[O-])c2C(=O)c2cc(O)cc([N+](=O)[O-])c21. The first-order valence-electron chi connectivity index (χ1n) is 6.35. The Hall–Kier alpha value is -3.82. The molecule has 0 saturated carbocycles. The van der Waals surface area contributed by atoms with E-state index < -0.39 is 66.5 Å². The lowest BCUT2D eigenvalue weighted by Gasteiger charge is -2.17. The highest BCUT2D eigenvalue weighted by Gasteiger charge is 2.41. The summed E-state index contributed by atoms with van der Waals surface area (Å²) in [6.07, 6.45) is 0. The van der Waals surface area contributed by atoms with E-state index in [1.165, 1.54) is 0 Å². The van der Waals surface area contributed by atoms with Gasteiger partial charge < -0.3 is 10.2 Å². The third kappa shape index (κ3) is 1.90. The molecule has 0 unspecified atom stereocenters. The van der Waals surface area contributed by atoms with E-state index in [9.17, 15) is 40.0 Å². The number of nitrogens with zero attached hydrogens (tertiary/aromatic N) is 2. The van der Waals surface area contributed by atoms with Gasteiger partial charge in [-0.3, -0.25) is 29.8 Å². The van der Waals surface area contributed by atoms with Crippen LogP contribution in [0.3, 0.4) is 0 Å². The van der Waals surface area contributed by atoms with E-state index >= 15 is 0 Å². The summed E-state index contributed by atoms with van der Waals surface area (Å²) in [5.41, 5.74) is -3.95. The molecule has 0 spiro atoms. The highest BCUT2D eigenvalue weighted by atomic mass is 16.6. The van der Waals surface area contributed by atoms with Gasteiger partial charge in [0.15, 0.2) is 5.75 Å². The second-order valence-corrected chi connectivity index (χ2v) is 4.92. The minimum absolute atomic E-state index is 0.425. The minimum Gasteiger partial charge on any atom is -0.508 e. The molecule has 3 rings (SSSR count). The summed E-state index contributed by atoms with van der Waals surface area (Å²) in [6, 6.07) is 3.37. The Balaban J connectivity index is 2.43. The molecule has 1 aliphatic carbocycles. The zero-order chi connectivity index (χ0) is 17.8. The number of fused-ring (bicyclic) bond motifs is 2. The summed E-state index contributed by atoms with van der Waals surface area (Å²) in [5.74, 6) is -3.51. The number of benzene rings is 2. The van der Waals surface area contributed by atoms with Crippen LogP contribution in [0.15, 0.2) is 24.3 Å². The molecule has 2 aromatic carbocycles. The number of phenolic OH excluding ortho intramolecular Hbond substituents is 2. The Labute approximate surface area is 131 Å². The van der Waals surface area contributed by atoms with Crippen molar-refractivity contribution in [2.24, 2.45) is 0 Å². The quantitative estimate of drug-likeness (QED) is 0.530. The van der Waals surface area contributed by atoms with E-state index in [4.69, 9.17) is 0 Å². The van der Waals surface area contributed by atoms with E-state index in [-0.39, 0.29) is 0 Å². The molecular formula is C14H6N2O8. The summed E-state index contributed by atoms with van der Waals surface area (Å²) >= 11 is 0. The number of nitro groups is 2. The van der Waals surface area contributed by atoms with Crippen molar-refractivity contribution in [3.63, 3.8) is 0 Å². The standard InChI is InChI=1S/C14H6N2O8/c17-5-3-7-10(8(4-5)15(21)22)13(19)6-1-2-9(18)12(16(23)24)11(6)14(7)20/h1-4,17-18H. The van der Waals surface area contributed by atoms with Crippen molar-refractivity contribution >= 4 is 22.9 Å². The number of hydrogen-bond donors (Lipinski definition) is 2. The molecule has 0 saturated heterocycles. The first-order valence-corrected chi connectivity index (χ1v) is 6.35. The van der Waals surface area contributed by atoms with Gasteiger partial charge in [-0.2, -0.15) is 0 Å². The maximum Gasteiger partial charge on any atom is 0.322 e. The van der Waals surface area contributed by atoms with E-state index in [0.29, 0.717) is 6.07 Å². The Morgan fingerprint density at radius 3 is 2.04 bits per heavy atom. The van der Waals surface area contributed by atoms with Crippen molar-refractivity contribution in [2.45, 2.75) is 0 Å². The van der Waals surface area contributed by atoms with Crippen LogP contribution in [-0.4, -0.2) is 31.6 Å². The topological polar surface area (TPSA) is 161 Å². The van der Waals surface area contributed by atoms with Crippen LogP contribution in [0.25, 0.3) is 0 Å². The second-order valence-electron chi connectivity index (χ2n) is 4.92. The van der Waals surface area contributed by atoms with Gasteiger partial charge in [0.25, 0.3) is 5.69 Å². The molecule has 0 fully saturated rings. The zero-order valence-corrected chi connectivity index (χ0v) is 11.5. The fraction of sp³-hybridized carbons (Fsp3) is 0. The van der Waals surface area contributed by atoms with Crippen LogP contribution in [0.4, 0.5) is 11.4 Å². The van der Waals surface area contributed by atoms with Gasteiger partial charge in [-0.25, -0.2) is 0 Å². The molecule has 120 valence electrons. The second kappa shape index (κ2) is 4.84. The van der Waals surface area contributed by atoms with E-state index in [1.54, 1.807) is 0 Å². The predicted octanol–water partition coefficient (Wildman–Crippen LogP) is 1.69. The third-order valence-corrected chi connectivity index (χ3v) is 3.58. The number of hydrogen-bond acceptors (Lipinski definition) is 8. The third-order valence-electron chi connectivity index (χ3n) is 3.58. The van der Waals surface area contributed by atoms with Crippen molar-refractivity contribution in [1.29, 1.82) is 0 Å². The maximum atomic E-state index is 12.6. The summed E-state index contributed by atoms with van der Waals surface area (Å²) in [5, 5.41) is 41.4. The molecule has 0 heterocycles. The number of ketones is 2. The molecule has 2 N–H and O–H groups in total. The number of carbonyl (C=O) groups is 2. The van der Waals surface area contributed by atoms with Crippen LogP contribution >= 0.6 is 0 Å². The van der Waals surface area contributed by atoms with E-state index in [1.807, 2.05) is 0 Å². The number of nitro benzene ring substituents is 2. The van der Waals surface area contributed by atoms with Crippen LogP contribution in [0.1, 0.15) is 31.8 Å². The number of aromatic hydroxyl groups is 2. The van der Waals surface area contributed by atoms with Crippen molar-refractivity contribution in [3.05, 3.63) is 66.7 Å². The maximum absolute atomic E-state index is 12.6. The lowest BCUT2D eigenvalue weighted by Crippen LogP contribution is -2.23. The van der Waals surface area contributed by atoms with Crippen LogP contribution in [0.2, 0.25) is 0 Å². The predicted molar refractivity (Wildman–Crippen MR) is 76.4 cm³/mol. The van der Waals surface area contributed by atoms with Gasteiger partial charge >= 0.3 is 5.69 Å². The van der Waals surface area contributed by atoms with E-state index in [0.717, 1.165) is 18.2 Å². The molecule has 10 nitrogen and oxygen atoms in total. The fourth-order valence-electron chi connectivity index (χ4n) is 2.63. The van der Waals surface area contributed by atoms with Gasteiger partial charge in [-0.05, 0) is 18.2 Å². The van der Waals surface area contributed by atoms with Crippen LogP contribution in [0.5, 0.6) is 11.5 Å². The minimum atomic E-state index is -1.07. The van der Waals surface area contributed by atoms with Gasteiger partial charge in [-0.15, -0.1) is 0 Å². The lowest BCUT2D eigenvalue weighted by molar-refractivity contribution is -0.386. The average molecular weight is 330 g/mol. The Bertz CT molecular complexity index is 979. The molecule has 0 bridgehead atoms. The van der Waals surface area contributed by atoms with Crippen LogP contribution < -0.4 is 0 Å². The van der Waals surface area contributed by atoms with Crippen molar-refractivity contribution in [1.82, 2.24) is 0 Å². The zero-order valence-electron chi connectivity index (χ0n) is 11.5. The normalized spacial score (nSPS) is 12.5. The largest absolute Gasteiger partial charge is 0.508 e. The summed E-state index contributed by atoms with van der Waals surface area (Å²) < 4.78 is 0. The molecule has 0 aliphatic heterocycles. The highest BCUT2D eigenvalue weighted by molar-refractivity contribution is 6.31. The Kier molecular flexibility index (Phi) is 3.04. The monoisotopic (exact) mass is 330 g/mol. The van der Waals surface area contributed by atoms with E-state index in [2.05, 4.69) is 0 Å². The van der Waals surface area contributed by atoms with Crippen LogP contribution in [0, 0.1) is 20.2 Å². The van der Waals surface area contributed by atoms with Gasteiger partial charge in [0, 0.05) is 11.1 Å². The van der Waals surface area contributed by atoms with Crippen molar-refractivity contribution in [3.8, 4) is 11.5 Å². The van der Waals surface area contributed by atoms with Gasteiger partial charge in [0.05, 0.1) is 15.9 Å². The Morgan fingerprint density at radius 1 is 0.833 bits per heavy atom. The molecule has 0 atom stereocenters. The molecular weight excluding hydrogens is 324 g/mol. The highest BCUT2D eigenvalue weighted by Crippen LogP contribution is 2.41. The van der Waals surface area contributed by atoms with Gasteiger partial charge in [0.1, 0.15) is 16.9 Å². The van der Waals surface area contributed by atoms with Gasteiger partial charge in [0.2, 0.25) is 11.6 Å². The molecule has 24 heavy (non-hydrogen) atoms. The summed E-state index contributed by atoms with van der Waals surface area (Å²) in [6.45, 7) is 0. The summed E-state index contributed by atoms with van der Waals surface area (Å²) in [7, 11) is 0. The number of carbonyl (C=O) groups excluding carboxylic acids is 2. The summed E-state index contributed by atoms with van der Waals surface area (Å²) in [4.78, 5) is 45.3. The average Bonchev–Trinajstić information content (AvgIpc) is 2.50. The Morgan fingerprint density at radius 2 is 1.46 bits per heavy atom. The first kappa shape index (κ1) is 15.1. The van der Waals surface area contributed by atoms with Gasteiger partial charge in [-0.1, -0.05) is 0 Å². The van der Waals surface area contributed by atoms with Crippen molar-refractivity contribution < 1.29 is 29.6 Å². The molecule has 1 aliphatic rings. The number of phenols is 2.